The van der Waals surface area contributed by atoms with Gasteiger partial charge in [-0.2, -0.15) is 70.2 Å². The fourth-order valence-corrected chi connectivity index (χ4v) is 4.29. The smallest absolute Gasteiger partial charge is 0.384 e. The topological polar surface area (TPSA) is 132 Å². The van der Waals surface area contributed by atoms with Crippen LogP contribution in [0.5, 0.6) is 0 Å². The number of rotatable bonds is 26. The number of carbonyl (C=O) groups is 5. The van der Waals surface area contributed by atoms with E-state index in [9.17, 15) is 24.0 Å². The van der Waals surface area contributed by atoms with Crippen molar-refractivity contribution in [3.63, 3.8) is 0 Å². The van der Waals surface area contributed by atoms with E-state index in [2.05, 4.69) is 63.2 Å². The van der Waals surface area contributed by atoms with Gasteiger partial charge in [-0.3, -0.25) is 0 Å². The van der Waals surface area contributed by atoms with Gasteiger partial charge in [-0.1, -0.05) is 39.0 Å². The molecule has 334 valence electrons. The fraction of sp³-hybridized carbons (Fsp3) is 0.485. The first-order valence-electron chi connectivity index (χ1n) is 15.2. The molecule has 0 rings (SSSR count). The fourth-order valence-electron chi connectivity index (χ4n) is 4.29. The van der Waals surface area contributed by atoms with Crippen molar-refractivity contribution in [1.29, 1.82) is 0 Å². The molecule has 1 atom stereocenters. The average Bonchev–Trinajstić information content (AvgIpc) is 3.17. The Hall–Kier alpha value is -5.33. The maximum Gasteiger partial charge on any atom is 0.384 e. The normalized spacial score (nSPS) is 14.4. The first-order chi connectivity index (χ1) is 26.6. The van der Waals surface area contributed by atoms with Crippen molar-refractivity contribution in [2.24, 2.45) is 10.8 Å². The van der Waals surface area contributed by atoms with E-state index in [1.165, 1.54) is 0 Å². The summed E-state index contributed by atoms with van der Waals surface area (Å²) in [5.41, 5.74) is -9.35. The molecule has 0 saturated heterocycles. The summed E-state index contributed by atoms with van der Waals surface area (Å²) >= 11 is 0. The predicted octanol–water partition coefficient (Wildman–Crippen LogP) is 7.26. The summed E-state index contributed by atoms with van der Waals surface area (Å²) in [6.45, 7) is 4.38. The lowest BCUT2D eigenvalue weighted by atomic mass is 9.72. The Labute approximate surface area is 321 Å². The van der Waals surface area contributed by atoms with Crippen LogP contribution in [0.15, 0.2) is 75.9 Å². The molecule has 0 heterocycles. The number of alkyl halides is 16. The third-order valence-electron chi connectivity index (χ3n) is 8.01. The van der Waals surface area contributed by atoms with Crippen LogP contribution in [0.4, 0.5) is 70.2 Å². The minimum atomic E-state index is -9.01. The Morgan fingerprint density at radius 3 is 0.864 bits per heavy atom. The molecule has 26 heteroatoms. The number of hydrogen-bond acceptors (Lipinski definition) is 10. The molecule has 59 heavy (non-hydrogen) atoms. The molecule has 0 aromatic heterocycles. The second-order valence-electron chi connectivity index (χ2n) is 11.6. The van der Waals surface area contributed by atoms with Gasteiger partial charge in [0.15, 0.2) is 0 Å². The van der Waals surface area contributed by atoms with Gasteiger partial charge >= 0.3 is 77.2 Å². The van der Waals surface area contributed by atoms with E-state index in [1.54, 1.807) is 0 Å². The molecule has 0 aliphatic carbocycles. The van der Waals surface area contributed by atoms with Gasteiger partial charge < -0.3 is 23.7 Å². The molecule has 0 aromatic rings. The Morgan fingerprint density at radius 1 is 0.356 bits per heavy atom. The molecular weight excluding hydrogens is 860 g/mol. The highest BCUT2D eigenvalue weighted by Crippen LogP contribution is 2.67. The highest BCUT2D eigenvalue weighted by molar-refractivity contribution is 5.82. The molecule has 0 spiro atoms. The maximum atomic E-state index is 15.9. The van der Waals surface area contributed by atoms with Gasteiger partial charge in [0.05, 0.1) is 12.0 Å². The van der Waals surface area contributed by atoms with Crippen LogP contribution in [0.25, 0.3) is 0 Å². The van der Waals surface area contributed by atoms with Gasteiger partial charge in [-0.15, -0.1) is 6.58 Å². The quantitative estimate of drug-likeness (QED) is 0.0288. The summed E-state index contributed by atoms with van der Waals surface area (Å²) in [6, 6.07) is 0. The SMILES string of the molecule is C=CC(=O)OCCC(C=C)(COC(=O)C=C)C(F)(F)C(F)(F)C(F)(F)C(F)(F)C(F)(F)C(F)(F)C(F)(F)C(F)(F)C(COC(=O)C=C)(COC(=O)C=C)COC(=O)C=C. The monoisotopic (exact) mass is 890 g/mol. The van der Waals surface area contributed by atoms with Gasteiger partial charge in [0.2, 0.25) is 0 Å². The van der Waals surface area contributed by atoms with Crippen LogP contribution in [0, 0.1) is 10.8 Å². The average molecular weight is 891 g/mol. The Bertz CT molecular complexity index is 1600. The zero-order valence-electron chi connectivity index (χ0n) is 29.6. The molecule has 0 bridgehead atoms. The second kappa shape index (κ2) is 18.7. The molecule has 1 unspecified atom stereocenters. The van der Waals surface area contributed by atoms with E-state index in [0.29, 0.717) is 0 Å². The van der Waals surface area contributed by atoms with Crippen molar-refractivity contribution in [2.75, 3.05) is 33.0 Å². The van der Waals surface area contributed by atoms with Crippen molar-refractivity contribution < 1.29 is 118 Å². The van der Waals surface area contributed by atoms with Crippen molar-refractivity contribution in [3.8, 4) is 0 Å². The van der Waals surface area contributed by atoms with Crippen molar-refractivity contribution in [1.82, 2.24) is 0 Å². The third kappa shape index (κ3) is 9.44. The van der Waals surface area contributed by atoms with Crippen LogP contribution in [0.1, 0.15) is 6.42 Å². The second-order valence-corrected chi connectivity index (χ2v) is 11.6. The zero-order valence-corrected chi connectivity index (χ0v) is 29.6. The Morgan fingerprint density at radius 2 is 0.593 bits per heavy atom. The molecule has 0 aliphatic rings. The van der Waals surface area contributed by atoms with Crippen LogP contribution < -0.4 is 0 Å². The van der Waals surface area contributed by atoms with Gasteiger partial charge in [-0.05, 0) is 6.42 Å². The van der Waals surface area contributed by atoms with Gasteiger partial charge in [0.25, 0.3) is 0 Å². The van der Waals surface area contributed by atoms with E-state index in [1.807, 2.05) is 0 Å². The van der Waals surface area contributed by atoms with Crippen LogP contribution in [0.3, 0.4) is 0 Å². The standard InChI is InChI=1S/C33H30F16O10/c1-7-19(50)55-14-13-24(12-6,15-56-20(51)8-2)26(34,35)28(38,39)30(42,43)32(46,47)33(48,49)31(44,45)29(40,41)27(36,37)25(16-57-21(52)9-3,17-58-22(53)10-4)18-59-23(54)11-5/h7-12H,1-6,13-18H2. The van der Waals surface area contributed by atoms with Crippen LogP contribution in [0.2, 0.25) is 0 Å². The Kier molecular flexibility index (Phi) is 17.0. The minimum absolute atomic E-state index is 0.0340. The number of esters is 5. The largest absolute Gasteiger partial charge is 0.463 e. The van der Waals surface area contributed by atoms with E-state index in [0.717, 1.165) is 0 Å². The molecule has 0 N–H and O–H groups in total. The molecule has 0 aliphatic heterocycles. The van der Waals surface area contributed by atoms with E-state index < -0.39 is 134 Å². The summed E-state index contributed by atoms with van der Waals surface area (Å²) in [4.78, 5) is 57.7. The summed E-state index contributed by atoms with van der Waals surface area (Å²) in [6.07, 6.45) is -2.10. The lowest BCUT2D eigenvalue weighted by Gasteiger charge is -2.48. The summed E-state index contributed by atoms with van der Waals surface area (Å²) in [5, 5.41) is 0. The first kappa shape index (κ1) is 53.7. The van der Waals surface area contributed by atoms with Gasteiger partial charge in [-0.25, -0.2) is 24.0 Å². The van der Waals surface area contributed by atoms with Crippen LogP contribution >= 0.6 is 0 Å². The molecule has 10 nitrogen and oxygen atoms in total. The summed E-state index contributed by atoms with van der Waals surface area (Å²) < 4.78 is 266. The third-order valence-corrected chi connectivity index (χ3v) is 8.01. The number of carbonyl (C=O) groups excluding carboxylic acids is 5. The lowest BCUT2D eigenvalue weighted by Crippen LogP contribution is -2.77. The van der Waals surface area contributed by atoms with E-state index >= 15 is 70.2 Å². The van der Waals surface area contributed by atoms with Crippen molar-refractivity contribution in [3.05, 3.63) is 75.9 Å². The number of halogens is 16. The minimum Gasteiger partial charge on any atom is -0.463 e. The summed E-state index contributed by atoms with van der Waals surface area (Å²) in [7, 11) is 0. The molecular formula is C33H30F16O10. The zero-order chi connectivity index (χ0) is 46.9. The van der Waals surface area contributed by atoms with Crippen LogP contribution in [-0.4, -0.2) is 110 Å². The maximum absolute atomic E-state index is 15.9. The molecule has 0 aromatic carbocycles. The molecule has 0 saturated carbocycles. The van der Waals surface area contributed by atoms with E-state index in [4.69, 9.17) is 0 Å². The predicted molar refractivity (Wildman–Crippen MR) is 165 cm³/mol. The molecule has 0 amide bonds. The van der Waals surface area contributed by atoms with Gasteiger partial charge in [0.1, 0.15) is 31.8 Å². The number of ether oxygens (including phenoxy) is 5. The highest BCUT2D eigenvalue weighted by Gasteiger charge is 2.96. The number of hydrogen-bond donors (Lipinski definition) is 0. The molecule has 0 fully saturated rings. The van der Waals surface area contributed by atoms with Crippen molar-refractivity contribution in [2.45, 2.75) is 53.8 Å². The Balaban J connectivity index is 7.94. The van der Waals surface area contributed by atoms with Crippen molar-refractivity contribution >= 4 is 29.8 Å². The van der Waals surface area contributed by atoms with Crippen LogP contribution in [-0.2, 0) is 47.7 Å². The lowest BCUT2D eigenvalue weighted by molar-refractivity contribution is -0.464. The van der Waals surface area contributed by atoms with Gasteiger partial charge in [0, 0.05) is 30.4 Å². The summed E-state index contributed by atoms with van der Waals surface area (Å²) in [5.74, 6) is -76.1. The highest BCUT2D eigenvalue weighted by atomic mass is 19.4. The van der Waals surface area contributed by atoms with E-state index in [-0.39, 0.29) is 30.4 Å². The molecule has 0 radical (unpaired) electrons. The first-order valence-corrected chi connectivity index (χ1v) is 15.2.